The summed E-state index contributed by atoms with van der Waals surface area (Å²) in [5, 5.41) is 8.06. The molecule has 1 aromatic carbocycles. The summed E-state index contributed by atoms with van der Waals surface area (Å²) in [7, 11) is 0. The number of hydrogen-bond acceptors (Lipinski definition) is 3. The van der Waals surface area contributed by atoms with Crippen molar-refractivity contribution in [2.75, 3.05) is 6.54 Å². The molecular weight excluding hydrogens is 294 g/mol. The summed E-state index contributed by atoms with van der Waals surface area (Å²) in [6.07, 6.45) is 4.27. The van der Waals surface area contributed by atoms with E-state index in [1.54, 1.807) is 31.2 Å². The fourth-order valence-electron chi connectivity index (χ4n) is 2.61. The molecule has 1 atom stereocenters. The second kappa shape index (κ2) is 8.31. The number of rotatable bonds is 6. The van der Waals surface area contributed by atoms with Crippen LogP contribution in [0.15, 0.2) is 30.3 Å². The molecule has 1 aliphatic rings. The Morgan fingerprint density at radius 3 is 2.43 bits per heavy atom. The zero-order valence-corrected chi connectivity index (χ0v) is 13.3. The molecule has 0 aromatic heterocycles. The quantitative estimate of drug-likeness (QED) is 0.731. The van der Waals surface area contributed by atoms with E-state index >= 15 is 0 Å². The lowest BCUT2D eigenvalue weighted by Gasteiger charge is -2.17. The molecule has 2 rings (SSSR count). The molecular formula is C17H23N3O3. The maximum atomic E-state index is 12.0. The molecule has 3 amide bonds. The highest BCUT2D eigenvalue weighted by Gasteiger charge is 2.21. The minimum absolute atomic E-state index is 0.158. The maximum Gasteiger partial charge on any atom is 0.251 e. The van der Waals surface area contributed by atoms with Gasteiger partial charge in [0, 0.05) is 11.6 Å². The van der Waals surface area contributed by atoms with E-state index in [2.05, 4.69) is 16.0 Å². The first-order chi connectivity index (χ1) is 11.1. The Labute approximate surface area is 136 Å². The molecule has 6 heteroatoms. The van der Waals surface area contributed by atoms with Crippen LogP contribution < -0.4 is 16.0 Å². The first-order valence-electron chi connectivity index (χ1n) is 7.99. The molecule has 3 N–H and O–H groups in total. The van der Waals surface area contributed by atoms with Gasteiger partial charge in [-0.25, -0.2) is 0 Å². The van der Waals surface area contributed by atoms with E-state index in [9.17, 15) is 14.4 Å². The van der Waals surface area contributed by atoms with E-state index in [0.29, 0.717) is 5.56 Å². The predicted octanol–water partition coefficient (Wildman–Crippen LogP) is 0.980. The highest BCUT2D eigenvalue weighted by molar-refractivity contribution is 5.97. The largest absolute Gasteiger partial charge is 0.352 e. The first-order valence-corrected chi connectivity index (χ1v) is 7.99. The first kappa shape index (κ1) is 17.0. The molecule has 6 nitrogen and oxygen atoms in total. The van der Waals surface area contributed by atoms with Crippen LogP contribution in [0.5, 0.6) is 0 Å². The van der Waals surface area contributed by atoms with Crippen molar-refractivity contribution < 1.29 is 14.4 Å². The maximum absolute atomic E-state index is 12.0. The Hall–Kier alpha value is -2.37. The average molecular weight is 317 g/mol. The third kappa shape index (κ3) is 5.39. The van der Waals surface area contributed by atoms with Gasteiger partial charge in [0.2, 0.25) is 11.8 Å². The summed E-state index contributed by atoms with van der Waals surface area (Å²) in [4.78, 5) is 35.6. The highest BCUT2D eigenvalue weighted by atomic mass is 16.2. The molecule has 0 saturated heterocycles. The Kier molecular flexibility index (Phi) is 6.14. The van der Waals surface area contributed by atoms with E-state index in [1.807, 2.05) is 6.07 Å². The second-order valence-electron chi connectivity index (χ2n) is 5.83. The number of nitrogens with one attached hydrogen (secondary N) is 3. The van der Waals surface area contributed by atoms with E-state index in [4.69, 9.17) is 0 Å². The average Bonchev–Trinajstić information content (AvgIpc) is 3.06. The van der Waals surface area contributed by atoms with Crippen molar-refractivity contribution in [3.63, 3.8) is 0 Å². The summed E-state index contributed by atoms with van der Waals surface area (Å²) in [5.74, 6) is -0.883. The number of carbonyl (C=O) groups is 3. The molecule has 1 fully saturated rings. The summed E-state index contributed by atoms with van der Waals surface area (Å²) < 4.78 is 0. The molecule has 1 aliphatic carbocycles. The van der Waals surface area contributed by atoms with E-state index in [0.717, 1.165) is 25.7 Å². The van der Waals surface area contributed by atoms with E-state index < -0.39 is 6.04 Å². The number of amides is 3. The van der Waals surface area contributed by atoms with Gasteiger partial charge in [0.15, 0.2) is 0 Å². The fourth-order valence-corrected chi connectivity index (χ4v) is 2.61. The number of benzene rings is 1. The summed E-state index contributed by atoms with van der Waals surface area (Å²) in [6.45, 7) is 1.48. The van der Waals surface area contributed by atoms with Gasteiger partial charge in [-0.3, -0.25) is 14.4 Å². The van der Waals surface area contributed by atoms with Crippen LogP contribution in [-0.4, -0.2) is 36.3 Å². The predicted molar refractivity (Wildman–Crippen MR) is 86.8 cm³/mol. The molecule has 124 valence electrons. The molecule has 1 unspecified atom stereocenters. The molecule has 0 radical (unpaired) electrons. The molecule has 0 heterocycles. The van der Waals surface area contributed by atoms with Crippen molar-refractivity contribution >= 4 is 17.7 Å². The minimum Gasteiger partial charge on any atom is -0.352 e. The van der Waals surface area contributed by atoms with E-state index in [-0.39, 0.29) is 30.3 Å². The van der Waals surface area contributed by atoms with Crippen LogP contribution in [0.25, 0.3) is 0 Å². The lowest BCUT2D eigenvalue weighted by atomic mass is 10.2. The lowest BCUT2D eigenvalue weighted by Crippen LogP contribution is -2.49. The smallest absolute Gasteiger partial charge is 0.251 e. The Bertz CT molecular complexity index is 553. The van der Waals surface area contributed by atoms with Crippen molar-refractivity contribution in [2.24, 2.45) is 0 Å². The summed E-state index contributed by atoms with van der Waals surface area (Å²) in [5.41, 5.74) is 0.493. The van der Waals surface area contributed by atoms with Crippen LogP contribution in [0, 0.1) is 0 Å². The van der Waals surface area contributed by atoms with Crippen molar-refractivity contribution in [3.05, 3.63) is 35.9 Å². The van der Waals surface area contributed by atoms with Gasteiger partial charge in [-0.1, -0.05) is 31.0 Å². The summed E-state index contributed by atoms with van der Waals surface area (Å²) in [6, 6.07) is 8.27. The van der Waals surface area contributed by atoms with Crippen LogP contribution >= 0.6 is 0 Å². The standard InChI is InChI=1S/C17H23N3O3/c1-12(16(22)20-14-9-5-6-10-14)19-15(21)11-18-17(23)13-7-3-2-4-8-13/h2-4,7-8,12,14H,5-6,9-11H2,1H3,(H,18,23)(H,19,21)(H,20,22). The molecule has 0 spiro atoms. The minimum atomic E-state index is -0.614. The van der Waals surface area contributed by atoms with Crippen LogP contribution in [0.3, 0.4) is 0 Å². The Morgan fingerprint density at radius 1 is 1.13 bits per heavy atom. The third-order valence-corrected chi connectivity index (χ3v) is 3.92. The Balaban J connectivity index is 1.71. The van der Waals surface area contributed by atoms with Crippen molar-refractivity contribution in [3.8, 4) is 0 Å². The van der Waals surface area contributed by atoms with Crippen molar-refractivity contribution in [1.29, 1.82) is 0 Å². The van der Waals surface area contributed by atoms with Gasteiger partial charge < -0.3 is 16.0 Å². The van der Waals surface area contributed by atoms with Gasteiger partial charge >= 0.3 is 0 Å². The molecule has 1 aromatic rings. The van der Waals surface area contributed by atoms with Crippen molar-refractivity contribution in [2.45, 2.75) is 44.7 Å². The number of hydrogen-bond donors (Lipinski definition) is 3. The summed E-state index contributed by atoms with van der Waals surface area (Å²) >= 11 is 0. The van der Waals surface area contributed by atoms with Crippen LogP contribution in [0.2, 0.25) is 0 Å². The zero-order chi connectivity index (χ0) is 16.7. The zero-order valence-electron chi connectivity index (χ0n) is 13.3. The second-order valence-corrected chi connectivity index (χ2v) is 5.83. The van der Waals surface area contributed by atoms with Gasteiger partial charge in [0.1, 0.15) is 6.04 Å². The van der Waals surface area contributed by atoms with Crippen molar-refractivity contribution in [1.82, 2.24) is 16.0 Å². The fraction of sp³-hybridized carbons (Fsp3) is 0.471. The Morgan fingerprint density at radius 2 is 1.78 bits per heavy atom. The molecule has 1 saturated carbocycles. The SMILES string of the molecule is CC(NC(=O)CNC(=O)c1ccccc1)C(=O)NC1CCCC1. The van der Waals surface area contributed by atoms with Crippen LogP contribution in [-0.2, 0) is 9.59 Å². The van der Waals surface area contributed by atoms with Gasteiger partial charge in [-0.15, -0.1) is 0 Å². The van der Waals surface area contributed by atoms with Gasteiger partial charge in [0.25, 0.3) is 5.91 Å². The highest BCUT2D eigenvalue weighted by Crippen LogP contribution is 2.17. The van der Waals surface area contributed by atoms with E-state index in [1.165, 1.54) is 0 Å². The van der Waals surface area contributed by atoms with Crippen LogP contribution in [0.4, 0.5) is 0 Å². The lowest BCUT2D eigenvalue weighted by molar-refractivity contribution is -0.128. The molecule has 23 heavy (non-hydrogen) atoms. The van der Waals surface area contributed by atoms with Gasteiger partial charge in [-0.05, 0) is 31.9 Å². The molecule has 0 aliphatic heterocycles. The monoisotopic (exact) mass is 317 g/mol. The van der Waals surface area contributed by atoms with Gasteiger partial charge in [-0.2, -0.15) is 0 Å². The molecule has 0 bridgehead atoms. The number of carbonyl (C=O) groups excluding carboxylic acids is 3. The third-order valence-electron chi connectivity index (χ3n) is 3.92. The topological polar surface area (TPSA) is 87.3 Å². The van der Waals surface area contributed by atoms with Crippen LogP contribution in [0.1, 0.15) is 43.0 Å². The van der Waals surface area contributed by atoms with Gasteiger partial charge in [0.05, 0.1) is 6.54 Å². The normalized spacial score (nSPS) is 15.7.